The number of ether oxygens (including phenoxy) is 1. The van der Waals surface area contributed by atoms with Gasteiger partial charge < -0.3 is 19.9 Å². The summed E-state index contributed by atoms with van der Waals surface area (Å²) >= 11 is -2.66. The fourth-order valence-corrected chi connectivity index (χ4v) is 4.90. The smallest absolute Gasteiger partial charge is 0.407 e. The van der Waals surface area contributed by atoms with Crippen molar-refractivity contribution in [1.82, 2.24) is 15.3 Å². The van der Waals surface area contributed by atoms with Crippen molar-refractivity contribution in [2.75, 3.05) is 11.9 Å². The van der Waals surface area contributed by atoms with Crippen molar-refractivity contribution in [2.45, 2.75) is 58.7 Å². The van der Waals surface area contributed by atoms with Crippen molar-refractivity contribution in [3.8, 4) is 17.3 Å². The quantitative estimate of drug-likeness (QED) is 0.172. The van der Waals surface area contributed by atoms with Crippen LogP contribution in [0.1, 0.15) is 67.5 Å². The highest BCUT2D eigenvalue weighted by molar-refractivity contribution is 7.74. The first kappa shape index (κ1) is 33.3. The highest BCUT2D eigenvalue weighted by atomic mass is 32.2. The first-order valence-corrected chi connectivity index (χ1v) is 15.4. The summed E-state index contributed by atoms with van der Waals surface area (Å²) in [6.45, 7) is 9.83. The lowest BCUT2D eigenvalue weighted by atomic mass is 9.98. The molecule has 1 heterocycles. The maximum atomic E-state index is 12.0. The Morgan fingerprint density at radius 1 is 1.02 bits per heavy atom. The molecule has 0 fully saturated rings. The van der Waals surface area contributed by atoms with Crippen LogP contribution in [0.3, 0.4) is 0 Å². The maximum Gasteiger partial charge on any atom is 0.407 e. The third kappa shape index (κ3) is 9.94. The second kappa shape index (κ2) is 14.9. The SMILES string of the molecule is Cc1ccc(C(Cc2ccc(Nc3ncc(C#N)c(-c4ccc(C(C)CNC(=O)OC(C)(C)C)cc4)n3)cc2)OS(=O)[O-])cc1. The van der Waals surface area contributed by atoms with Crippen molar-refractivity contribution in [3.63, 3.8) is 0 Å². The summed E-state index contributed by atoms with van der Waals surface area (Å²) in [7, 11) is 0. The van der Waals surface area contributed by atoms with Crippen LogP contribution in [0.4, 0.5) is 16.4 Å². The predicted molar refractivity (Wildman–Crippen MR) is 172 cm³/mol. The molecule has 0 radical (unpaired) electrons. The largest absolute Gasteiger partial charge is 0.750 e. The molecule has 4 aromatic rings. The molecule has 3 unspecified atom stereocenters. The Bertz CT molecular complexity index is 1660. The van der Waals surface area contributed by atoms with E-state index in [0.717, 1.165) is 33.5 Å². The Hall–Kier alpha value is -4.63. The van der Waals surface area contributed by atoms with Crippen molar-refractivity contribution < 1.29 is 22.5 Å². The molecule has 1 aromatic heterocycles. The van der Waals surface area contributed by atoms with Crippen molar-refractivity contribution in [2.24, 2.45) is 0 Å². The number of carbonyl (C=O) groups excluding carboxylic acids is 1. The van der Waals surface area contributed by atoms with E-state index in [9.17, 15) is 18.8 Å². The van der Waals surface area contributed by atoms with Gasteiger partial charge in [-0.1, -0.05) is 73.2 Å². The third-order valence-corrected chi connectivity index (χ3v) is 7.28. The number of carbonyl (C=O) groups is 1. The summed E-state index contributed by atoms with van der Waals surface area (Å²) in [5.41, 5.74) is 5.46. The van der Waals surface area contributed by atoms with E-state index in [1.807, 2.05) is 107 Å². The molecule has 45 heavy (non-hydrogen) atoms. The van der Waals surface area contributed by atoms with Gasteiger partial charge in [0, 0.05) is 24.2 Å². The second-order valence-electron chi connectivity index (χ2n) is 11.7. The van der Waals surface area contributed by atoms with Crippen LogP contribution in [0.25, 0.3) is 11.3 Å². The number of benzene rings is 3. The van der Waals surface area contributed by atoms with Gasteiger partial charge in [-0.25, -0.2) is 19.0 Å². The number of nitrogens with zero attached hydrogens (tertiary/aromatic N) is 3. The summed E-state index contributed by atoms with van der Waals surface area (Å²) in [4.78, 5) is 20.9. The van der Waals surface area contributed by atoms with Crippen LogP contribution < -0.4 is 10.6 Å². The molecule has 11 heteroatoms. The van der Waals surface area contributed by atoms with Crippen molar-refractivity contribution in [1.29, 1.82) is 5.26 Å². The highest BCUT2D eigenvalue weighted by Gasteiger charge is 2.18. The summed E-state index contributed by atoms with van der Waals surface area (Å²) in [6, 6.07) is 24.8. The predicted octanol–water partition coefficient (Wildman–Crippen LogP) is 6.79. The van der Waals surface area contributed by atoms with Crippen molar-refractivity contribution >= 4 is 29.1 Å². The first-order chi connectivity index (χ1) is 21.4. The van der Waals surface area contributed by atoms with E-state index in [0.29, 0.717) is 30.2 Å². The van der Waals surface area contributed by atoms with Crippen LogP contribution >= 0.6 is 0 Å². The number of amides is 1. The van der Waals surface area contributed by atoms with Gasteiger partial charge in [0.15, 0.2) is 0 Å². The van der Waals surface area contributed by atoms with Gasteiger partial charge >= 0.3 is 6.09 Å². The minimum Gasteiger partial charge on any atom is -0.750 e. The lowest BCUT2D eigenvalue weighted by Gasteiger charge is -2.21. The van der Waals surface area contributed by atoms with Crippen LogP contribution in [0, 0.1) is 18.3 Å². The number of aromatic nitrogens is 2. The van der Waals surface area contributed by atoms with Crippen LogP contribution in [0.2, 0.25) is 0 Å². The molecule has 0 aliphatic heterocycles. The van der Waals surface area contributed by atoms with Gasteiger partial charge in [-0.3, -0.25) is 4.18 Å². The zero-order valence-corrected chi connectivity index (χ0v) is 26.7. The Morgan fingerprint density at radius 3 is 2.27 bits per heavy atom. The molecule has 4 rings (SSSR count). The van der Waals surface area contributed by atoms with E-state index < -0.39 is 29.2 Å². The van der Waals surface area contributed by atoms with Gasteiger partial charge in [-0.15, -0.1) is 0 Å². The number of nitrogens with one attached hydrogen (secondary N) is 2. The van der Waals surface area contributed by atoms with Crippen LogP contribution in [0.15, 0.2) is 79.0 Å². The molecular formula is C34H36N5O5S-. The zero-order valence-electron chi connectivity index (χ0n) is 25.9. The Balaban J connectivity index is 1.44. The van der Waals surface area contributed by atoms with E-state index in [1.54, 1.807) is 0 Å². The van der Waals surface area contributed by atoms with Gasteiger partial charge in [0.05, 0.1) is 28.8 Å². The van der Waals surface area contributed by atoms with E-state index in [2.05, 4.69) is 26.7 Å². The lowest BCUT2D eigenvalue weighted by Crippen LogP contribution is -2.34. The molecule has 234 valence electrons. The summed E-state index contributed by atoms with van der Waals surface area (Å²) in [6.07, 6.45) is 0.730. The molecule has 0 spiro atoms. The molecule has 0 aliphatic rings. The average Bonchev–Trinajstić information content (AvgIpc) is 3.00. The fourth-order valence-electron chi connectivity index (χ4n) is 4.53. The van der Waals surface area contributed by atoms with Crippen LogP contribution in [0.5, 0.6) is 0 Å². The maximum absolute atomic E-state index is 12.0. The Morgan fingerprint density at radius 2 is 1.67 bits per heavy atom. The standard InChI is InChI=1S/C34H37N5O5S/c1-22-6-10-26(11-7-22)30(44-45(41)42)18-24-8-16-29(17-9-24)38-32-36-21-28(19-35)31(39-32)27-14-12-25(13-15-27)23(2)20-37-33(40)43-34(3,4)5/h6-17,21,23,30H,18,20H2,1-5H3,(H,37,40)(H,41,42)(H,36,38,39)/p-1. The molecular weight excluding hydrogens is 590 g/mol. The number of anilines is 2. The summed E-state index contributed by atoms with van der Waals surface area (Å²) in [5.74, 6) is 0.354. The van der Waals surface area contributed by atoms with Gasteiger partial charge in [-0.05, 0) is 62.4 Å². The van der Waals surface area contributed by atoms with Gasteiger partial charge in [0.25, 0.3) is 0 Å². The zero-order chi connectivity index (χ0) is 32.6. The van der Waals surface area contributed by atoms with E-state index in [4.69, 9.17) is 8.92 Å². The van der Waals surface area contributed by atoms with E-state index in [1.165, 1.54) is 6.20 Å². The minimum atomic E-state index is -2.66. The van der Waals surface area contributed by atoms with Gasteiger partial charge in [-0.2, -0.15) is 5.26 Å². The molecule has 3 aromatic carbocycles. The first-order valence-electron chi connectivity index (χ1n) is 14.4. The Labute approximate surface area is 266 Å². The second-order valence-corrected chi connectivity index (χ2v) is 12.3. The average molecular weight is 627 g/mol. The number of hydrogen-bond acceptors (Lipinski definition) is 9. The van der Waals surface area contributed by atoms with E-state index >= 15 is 0 Å². The molecule has 1 amide bonds. The Kier molecular flexibility index (Phi) is 11.0. The number of alkyl carbamates (subject to hydrolysis) is 1. The van der Waals surface area contributed by atoms with Crippen molar-refractivity contribution in [3.05, 3.63) is 107 Å². The number of hydrogen-bond donors (Lipinski definition) is 2. The molecule has 2 N–H and O–H groups in total. The van der Waals surface area contributed by atoms with Gasteiger partial charge in [0.1, 0.15) is 17.8 Å². The minimum absolute atomic E-state index is 0.0359. The van der Waals surface area contributed by atoms with E-state index in [-0.39, 0.29) is 5.92 Å². The third-order valence-electron chi connectivity index (χ3n) is 6.89. The number of rotatable bonds is 11. The van der Waals surface area contributed by atoms with Crippen LogP contribution in [-0.2, 0) is 26.7 Å². The molecule has 0 aliphatic carbocycles. The van der Waals surface area contributed by atoms with Gasteiger partial charge in [0.2, 0.25) is 5.95 Å². The number of aryl methyl sites for hydroxylation is 1. The molecule has 0 bridgehead atoms. The molecule has 0 saturated carbocycles. The highest BCUT2D eigenvalue weighted by Crippen LogP contribution is 2.27. The summed E-state index contributed by atoms with van der Waals surface area (Å²) in [5, 5.41) is 15.7. The molecule has 3 atom stereocenters. The monoisotopic (exact) mass is 626 g/mol. The van der Waals surface area contributed by atoms with Crippen LogP contribution in [-0.4, -0.2) is 37.0 Å². The molecule has 10 nitrogen and oxygen atoms in total. The summed E-state index contributed by atoms with van der Waals surface area (Å²) < 4.78 is 33.1. The fraction of sp³-hybridized carbons (Fsp3) is 0.294. The lowest BCUT2D eigenvalue weighted by molar-refractivity contribution is 0.0525. The number of nitriles is 1. The topological polar surface area (TPSA) is 149 Å². The normalized spacial score (nSPS) is 13.3. The molecule has 0 saturated heterocycles.